The number of hydrogen-bond donors (Lipinski definition) is 1. The van der Waals surface area contributed by atoms with Crippen molar-refractivity contribution in [1.29, 1.82) is 0 Å². The van der Waals surface area contributed by atoms with E-state index in [1.807, 2.05) is 6.92 Å². The lowest BCUT2D eigenvalue weighted by Gasteiger charge is -2.27. The molecule has 0 aliphatic carbocycles. The van der Waals surface area contributed by atoms with Crippen molar-refractivity contribution in [1.82, 2.24) is 0 Å². The SMILES string of the molecule is CCN1C(=O)C(C)(C)COc2ccc(NS(=O)(=O)c3ccc(OC)c(F)c3)cc21. The van der Waals surface area contributed by atoms with Crippen LogP contribution in [0.25, 0.3) is 0 Å². The van der Waals surface area contributed by atoms with Gasteiger partial charge in [-0.3, -0.25) is 9.52 Å². The summed E-state index contributed by atoms with van der Waals surface area (Å²) in [6.45, 7) is 6.04. The molecule has 156 valence electrons. The minimum Gasteiger partial charge on any atom is -0.494 e. The van der Waals surface area contributed by atoms with E-state index in [2.05, 4.69) is 4.72 Å². The van der Waals surface area contributed by atoms with Crippen LogP contribution in [-0.2, 0) is 14.8 Å². The largest absolute Gasteiger partial charge is 0.494 e. The van der Waals surface area contributed by atoms with Gasteiger partial charge in [0.05, 0.1) is 28.8 Å². The molecule has 2 aromatic rings. The molecule has 0 aromatic heterocycles. The Morgan fingerprint density at radius 3 is 2.59 bits per heavy atom. The number of nitrogens with zero attached hydrogens (tertiary/aromatic N) is 1. The van der Waals surface area contributed by atoms with Crippen molar-refractivity contribution in [3.63, 3.8) is 0 Å². The Labute approximate surface area is 169 Å². The van der Waals surface area contributed by atoms with Gasteiger partial charge in [-0.05, 0) is 57.2 Å². The van der Waals surface area contributed by atoms with E-state index in [0.29, 0.717) is 18.0 Å². The molecule has 7 nitrogen and oxygen atoms in total. The second-order valence-electron chi connectivity index (χ2n) is 7.31. The summed E-state index contributed by atoms with van der Waals surface area (Å²) in [7, 11) is -2.75. The summed E-state index contributed by atoms with van der Waals surface area (Å²) in [5.41, 5.74) is -0.00583. The number of ether oxygens (including phenoxy) is 2. The third-order valence-electron chi connectivity index (χ3n) is 4.66. The van der Waals surface area contributed by atoms with Gasteiger partial charge in [-0.2, -0.15) is 0 Å². The molecule has 9 heteroatoms. The van der Waals surface area contributed by atoms with E-state index in [1.54, 1.807) is 24.8 Å². The molecule has 1 N–H and O–H groups in total. The summed E-state index contributed by atoms with van der Waals surface area (Å²) in [5, 5.41) is 0. The first-order valence-corrected chi connectivity index (χ1v) is 10.5. The van der Waals surface area contributed by atoms with Gasteiger partial charge in [0.25, 0.3) is 10.0 Å². The zero-order chi connectivity index (χ0) is 21.4. The molecule has 1 heterocycles. The second kappa shape index (κ2) is 7.55. The zero-order valence-corrected chi connectivity index (χ0v) is 17.5. The van der Waals surface area contributed by atoms with Gasteiger partial charge >= 0.3 is 0 Å². The third kappa shape index (κ3) is 4.00. The highest BCUT2D eigenvalue weighted by Crippen LogP contribution is 2.38. The third-order valence-corrected chi connectivity index (χ3v) is 6.04. The fourth-order valence-electron chi connectivity index (χ4n) is 3.05. The number of methoxy groups -OCH3 is 1. The predicted octanol–water partition coefficient (Wildman–Crippen LogP) is 3.41. The highest BCUT2D eigenvalue weighted by Gasteiger charge is 2.37. The predicted molar refractivity (Wildman–Crippen MR) is 108 cm³/mol. The second-order valence-corrected chi connectivity index (χ2v) is 8.99. The van der Waals surface area contributed by atoms with Crippen molar-refractivity contribution < 1.29 is 27.1 Å². The van der Waals surface area contributed by atoms with Crippen molar-refractivity contribution in [2.45, 2.75) is 25.7 Å². The number of benzene rings is 2. The molecular formula is C20H23FN2O5S. The lowest BCUT2D eigenvalue weighted by atomic mass is 9.93. The Morgan fingerprint density at radius 1 is 1.24 bits per heavy atom. The number of nitrogens with one attached hydrogen (secondary N) is 1. The minimum atomic E-state index is -4.05. The van der Waals surface area contributed by atoms with Gasteiger partial charge < -0.3 is 14.4 Å². The van der Waals surface area contributed by atoms with Crippen LogP contribution in [0, 0.1) is 11.2 Å². The van der Waals surface area contributed by atoms with Crippen LogP contribution in [0.2, 0.25) is 0 Å². The summed E-state index contributed by atoms with van der Waals surface area (Å²) in [6, 6.07) is 8.06. The van der Waals surface area contributed by atoms with Crippen LogP contribution < -0.4 is 19.1 Å². The molecule has 3 rings (SSSR count). The van der Waals surface area contributed by atoms with Gasteiger partial charge in [0.2, 0.25) is 5.91 Å². The Bertz CT molecular complexity index is 1050. The van der Waals surface area contributed by atoms with E-state index in [1.165, 1.54) is 31.4 Å². The van der Waals surface area contributed by atoms with Crippen LogP contribution in [0.1, 0.15) is 20.8 Å². The summed E-state index contributed by atoms with van der Waals surface area (Å²) < 4.78 is 52.3. The average Bonchev–Trinajstić information content (AvgIpc) is 2.76. The maximum atomic E-state index is 13.9. The first-order chi connectivity index (χ1) is 13.6. The fraction of sp³-hybridized carbons (Fsp3) is 0.350. The summed E-state index contributed by atoms with van der Waals surface area (Å²) >= 11 is 0. The molecule has 0 saturated carbocycles. The Balaban J connectivity index is 1.96. The summed E-state index contributed by atoms with van der Waals surface area (Å²) in [6.07, 6.45) is 0. The lowest BCUT2D eigenvalue weighted by Crippen LogP contribution is -2.42. The number of rotatable bonds is 5. The number of carbonyl (C=O) groups is 1. The quantitative estimate of drug-likeness (QED) is 0.798. The van der Waals surface area contributed by atoms with Crippen molar-refractivity contribution >= 4 is 27.3 Å². The van der Waals surface area contributed by atoms with Gasteiger partial charge in [-0.25, -0.2) is 12.8 Å². The molecule has 0 bridgehead atoms. The Hall–Kier alpha value is -2.81. The molecule has 0 fully saturated rings. The highest BCUT2D eigenvalue weighted by molar-refractivity contribution is 7.92. The summed E-state index contributed by atoms with van der Waals surface area (Å²) in [5.74, 6) is -0.457. The molecule has 1 aliphatic rings. The number of amides is 1. The van der Waals surface area contributed by atoms with Crippen molar-refractivity contribution in [3.8, 4) is 11.5 Å². The molecule has 0 spiro atoms. The molecule has 0 radical (unpaired) electrons. The molecule has 0 saturated heterocycles. The zero-order valence-electron chi connectivity index (χ0n) is 16.7. The van der Waals surface area contributed by atoms with E-state index in [-0.39, 0.29) is 28.8 Å². The van der Waals surface area contributed by atoms with Gasteiger partial charge in [-0.15, -0.1) is 0 Å². The molecule has 1 aliphatic heterocycles. The molecule has 1 amide bonds. The van der Waals surface area contributed by atoms with Crippen LogP contribution in [0.4, 0.5) is 15.8 Å². The topological polar surface area (TPSA) is 84.9 Å². The molecule has 0 unspecified atom stereocenters. The van der Waals surface area contributed by atoms with Gasteiger partial charge in [0, 0.05) is 6.54 Å². The number of fused-ring (bicyclic) bond motifs is 1. The minimum absolute atomic E-state index is 0.0501. The molecule has 0 atom stereocenters. The maximum absolute atomic E-state index is 13.9. The number of sulfonamides is 1. The number of anilines is 2. The lowest BCUT2D eigenvalue weighted by molar-refractivity contribution is -0.127. The van der Waals surface area contributed by atoms with Gasteiger partial charge in [0.15, 0.2) is 11.6 Å². The normalized spacial score (nSPS) is 15.9. The van der Waals surface area contributed by atoms with Crippen LogP contribution in [0.3, 0.4) is 0 Å². The Kier molecular flexibility index (Phi) is 5.44. The first-order valence-electron chi connectivity index (χ1n) is 9.04. The number of hydrogen-bond acceptors (Lipinski definition) is 5. The maximum Gasteiger partial charge on any atom is 0.262 e. The van der Waals surface area contributed by atoms with Crippen molar-refractivity contribution in [2.75, 3.05) is 29.9 Å². The smallest absolute Gasteiger partial charge is 0.262 e. The Morgan fingerprint density at radius 2 is 1.97 bits per heavy atom. The van der Waals surface area contributed by atoms with Crippen LogP contribution >= 0.6 is 0 Å². The fourth-order valence-corrected chi connectivity index (χ4v) is 4.11. The molecule has 2 aromatic carbocycles. The average molecular weight is 422 g/mol. The first kappa shape index (κ1) is 20.9. The summed E-state index contributed by atoms with van der Waals surface area (Å²) in [4.78, 5) is 14.1. The van der Waals surface area contributed by atoms with E-state index < -0.39 is 21.3 Å². The van der Waals surface area contributed by atoms with Crippen LogP contribution in [0.15, 0.2) is 41.3 Å². The molecular weight excluding hydrogens is 399 g/mol. The van der Waals surface area contributed by atoms with Crippen LogP contribution in [-0.4, -0.2) is 34.6 Å². The van der Waals surface area contributed by atoms with Crippen LogP contribution in [0.5, 0.6) is 11.5 Å². The van der Waals surface area contributed by atoms with Crippen molar-refractivity contribution in [3.05, 3.63) is 42.2 Å². The van der Waals surface area contributed by atoms with E-state index in [0.717, 1.165) is 6.07 Å². The van der Waals surface area contributed by atoms with Gasteiger partial charge in [0.1, 0.15) is 12.4 Å². The number of halogens is 1. The van der Waals surface area contributed by atoms with E-state index in [4.69, 9.17) is 9.47 Å². The highest BCUT2D eigenvalue weighted by atomic mass is 32.2. The molecule has 29 heavy (non-hydrogen) atoms. The van der Waals surface area contributed by atoms with E-state index in [9.17, 15) is 17.6 Å². The van der Waals surface area contributed by atoms with Gasteiger partial charge in [-0.1, -0.05) is 0 Å². The monoisotopic (exact) mass is 422 g/mol. The van der Waals surface area contributed by atoms with Crippen molar-refractivity contribution in [2.24, 2.45) is 5.41 Å². The number of carbonyl (C=O) groups excluding carboxylic acids is 1. The van der Waals surface area contributed by atoms with E-state index >= 15 is 0 Å². The standard InChI is InChI=1S/C20H23FN2O5S/c1-5-23-16-10-13(6-8-18(16)28-12-20(2,3)19(23)24)22-29(25,26)14-7-9-17(27-4)15(21)11-14/h6-11,22H,5,12H2,1-4H3.